The number of carbonyl (C=O) groups is 1. The maximum Gasteiger partial charge on any atom is 0.405 e. The van der Waals surface area contributed by atoms with Gasteiger partial charge in [-0.15, -0.1) is 0 Å². The van der Waals surface area contributed by atoms with Gasteiger partial charge in [-0.2, -0.15) is 9.78 Å². The van der Waals surface area contributed by atoms with E-state index in [2.05, 4.69) is 25.4 Å². The fourth-order valence-corrected chi connectivity index (χ4v) is 1.35. The molecule has 0 saturated heterocycles. The number of nitrogens with zero attached hydrogens (tertiary/aromatic N) is 5. The monoisotopic (exact) mass is 234 g/mol. The first-order valence-electron chi connectivity index (χ1n) is 4.85. The van der Waals surface area contributed by atoms with Crippen molar-refractivity contribution in [2.45, 2.75) is 13.0 Å². The molecule has 0 saturated carbocycles. The van der Waals surface area contributed by atoms with Gasteiger partial charge in [0.1, 0.15) is 6.33 Å². The predicted octanol–water partition coefficient (Wildman–Crippen LogP) is 0.386. The Morgan fingerprint density at radius 2 is 2.12 bits per heavy atom. The number of rotatable bonds is 3. The molecule has 2 aromatic rings. The van der Waals surface area contributed by atoms with Gasteiger partial charge in [-0.05, 0) is 13.0 Å². The Kier molecular flexibility index (Phi) is 2.95. The van der Waals surface area contributed by atoms with Crippen LogP contribution in [0.1, 0.15) is 18.8 Å². The molecule has 1 amide bonds. The molecule has 17 heavy (non-hydrogen) atoms. The summed E-state index contributed by atoms with van der Waals surface area (Å²) in [6.45, 7) is 1.66. The van der Waals surface area contributed by atoms with Gasteiger partial charge in [0.25, 0.3) is 5.95 Å². The van der Waals surface area contributed by atoms with Crippen LogP contribution in [-0.4, -0.2) is 35.9 Å². The second-order valence-corrected chi connectivity index (χ2v) is 3.25. The summed E-state index contributed by atoms with van der Waals surface area (Å²) in [7, 11) is 0. The number of hydrogen-bond donors (Lipinski definition) is 2. The molecule has 0 aliphatic rings. The van der Waals surface area contributed by atoms with Crippen molar-refractivity contribution in [2.75, 3.05) is 0 Å². The van der Waals surface area contributed by atoms with Gasteiger partial charge in [-0.3, -0.25) is 0 Å². The minimum atomic E-state index is -1.12. The third-order valence-electron chi connectivity index (χ3n) is 2.04. The van der Waals surface area contributed by atoms with Gasteiger partial charge in [-0.25, -0.2) is 19.7 Å². The summed E-state index contributed by atoms with van der Waals surface area (Å²) in [5, 5.41) is 14.9. The predicted molar refractivity (Wildman–Crippen MR) is 56.5 cm³/mol. The lowest BCUT2D eigenvalue weighted by atomic mass is 10.3. The molecule has 1 atom stereocenters. The third-order valence-corrected chi connectivity index (χ3v) is 2.04. The maximum atomic E-state index is 10.6. The highest BCUT2D eigenvalue weighted by Gasteiger charge is 2.17. The van der Waals surface area contributed by atoms with E-state index in [1.165, 1.54) is 11.0 Å². The molecule has 0 aliphatic heterocycles. The molecule has 2 N–H and O–H groups in total. The number of hydrogen-bond acceptors (Lipinski definition) is 5. The summed E-state index contributed by atoms with van der Waals surface area (Å²) >= 11 is 0. The van der Waals surface area contributed by atoms with Crippen molar-refractivity contribution in [3.05, 3.63) is 30.6 Å². The molecular weight excluding hydrogens is 224 g/mol. The smallest absolute Gasteiger partial charge is 0.405 e. The lowest BCUT2D eigenvalue weighted by Gasteiger charge is -2.10. The SMILES string of the molecule is CC(NC(=O)O)c1ncnn1-c1ncccn1. The standard InChI is InChI=1S/C9H10N6O2/c1-6(14-9(16)17)7-12-5-13-15(7)8-10-3-2-4-11-8/h2-6,14H,1H3,(H,16,17). The van der Waals surface area contributed by atoms with Gasteiger partial charge in [0.2, 0.25) is 0 Å². The Labute approximate surface area is 96.4 Å². The summed E-state index contributed by atoms with van der Waals surface area (Å²) in [6.07, 6.45) is 3.35. The summed E-state index contributed by atoms with van der Waals surface area (Å²) < 4.78 is 1.39. The second-order valence-electron chi connectivity index (χ2n) is 3.25. The zero-order valence-corrected chi connectivity index (χ0v) is 8.98. The van der Waals surface area contributed by atoms with E-state index in [0.29, 0.717) is 11.8 Å². The quantitative estimate of drug-likeness (QED) is 0.795. The van der Waals surface area contributed by atoms with Gasteiger partial charge in [-0.1, -0.05) is 0 Å². The Bertz CT molecular complexity index is 511. The van der Waals surface area contributed by atoms with Crippen molar-refractivity contribution in [1.82, 2.24) is 30.0 Å². The van der Waals surface area contributed by atoms with Gasteiger partial charge >= 0.3 is 6.09 Å². The zero-order valence-electron chi connectivity index (χ0n) is 8.98. The molecule has 88 valence electrons. The number of carboxylic acid groups (broad SMARTS) is 1. The van der Waals surface area contributed by atoms with E-state index in [-0.39, 0.29) is 0 Å². The van der Waals surface area contributed by atoms with E-state index in [9.17, 15) is 4.79 Å². The van der Waals surface area contributed by atoms with Crippen molar-refractivity contribution >= 4 is 6.09 Å². The highest BCUT2D eigenvalue weighted by molar-refractivity contribution is 5.64. The molecule has 0 spiro atoms. The van der Waals surface area contributed by atoms with E-state index >= 15 is 0 Å². The second kappa shape index (κ2) is 4.56. The first-order chi connectivity index (χ1) is 8.18. The average Bonchev–Trinajstić information content (AvgIpc) is 2.78. The minimum absolute atomic E-state index is 0.346. The molecule has 2 rings (SSSR count). The van der Waals surface area contributed by atoms with Crippen LogP contribution >= 0.6 is 0 Å². The lowest BCUT2D eigenvalue weighted by Crippen LogP contribution is -2.27. The largest absolute Gasteiger partial charge is 0.465 e. The fourth-order valence-electron chi connectivity index (χ4n) is 1.35. The molecule has 1 unspecified atom stereocenters. The van der Waals surface area contributed by atoms with E-state index < -0.39 is 12.1 Å². The topological polar surface area (TPSA) is 106 Å². The van der Waals surface area contributed by atoms with Crippen LogP contribution in [0.5, 0.6) is 0 Å². The first-order valence-corrected chi connectivity index (χ1v) is 4.85. The van der Waals surface area contributed by atoms with Crippen molar-refractivity contribution in [3.8, 4) is 5.95 Å². The summed E-state index contributed by atoms with van der Waals surface area (Å²) in [5.74, 6) is 0.776. The van der Waals surface area contributed by atoms with Crippen LogP contribution in [0.3, 0.4) is 0 Å². The normalized spacial score (nSPS) is 12.1. The van der Waals surface area contributed by atoms with Crippen LogP contribution in [0.2, 0.25) is 0 Å². The highest BCUT2D eigenvalue weighted by Crippen LogP contribution is 2.10. The lowest BCUT2D eigenvalue weighted by molar-refractivity contribution is 0.190. The average molecular weight is 234 g/mol. The van der Waals surface area contributed by atoms with Crippen LogP contribution < -0.4 is 5.32 Å². The van der Waals surface area contributed by atoms with Crippen LogP contribution in [0, 0.1) is 0 Å². The zero-order chi connectivity index (χ0) is 12.3. The van der Waals surface area contributed by atoms with E-state index in [0.717, 1.165) is 0 Å². The molecule has 0 aliphatic carbocycles. The Hall–Kier alpha value is -2.51. The van der Waals surface area contributed by atoms with E-state index in [1.54, 1.807) is 25.4 Å². The van der Waals surface area contributed by atoms with Crippen molar-refractivity contribution in [1.29, 1.82) is 0 Å². The molecular formula is C9H10N6O2. The molecule has 8 nitrogen and oxygen atoms in total. The van der Waals surface area contributed by atoms with Crippen molar-refractivity contribution < 1.29 is 9.90 Å². The third kappa shape index (κ3) is 2.36. The Morgan fingerprint density at radius 3 is 2.76 bits per heavy atom. The highest BCUT2D eigenvalue weighted by atomic mass is 16.4. The Morgan fingerprint density at radius 1 is 1.41 bits per heavy atom. The Balaban J connectivity index is 2.32. The summed E-state index contributed by atoms with van der Waals surface area (Å²) in [5.41, 5.74) is 0. The first kappa shape index (κ1) is 11.0. The summed E-state index contributed by atoms with van der Waals surface area (Å²) in [6, 6.07) is 1.18. The van der Waals surface area contributed by atoms with Crippen LogP contribution in [0.15, 0.2) is 24.8 Å². The van der Waals surface area contributed by atoms with Gasteiger partial charge in [0.05, 0.1) is 6.04 Å². The molecule has 8 heteroatoms. The molecule has 0 radical (unpaired) electrons. The van der Waals surface area contributed by atoms with Gasteiger partial charge < -0.3 is 10.4 Å². The van der Waals surface area contributed by atoms with Gasteiger partial charge in [0, 0.05) is 12.4 Å². The molecule has 0 bridgehead atoms. The van der Waals surface area contributed by atoms with E-state index in [1.807, 2.05) is 0 Å². The molecule has 0 fully saturated rings. The molecule has 2 heterocycles. The van der Waals surface area contributed by atoms with Crippen LogP contribution in [-0.2, 0) is 0 Å². The number of amides is 1. The molecule has 0 aromatic carbocycles. The van der Waals surface area contributed by atoms with Crippen molar-refractivity contribution in [3.63, 3.8) is 0 Å². The van der Waals surface area contributed by atoms with Crippen LogP contribution in [0.25, 0.3) is 5.95 Å². The maximum absolute atomic E-state index is 10.6. The number of aromatic nitrogens is 5. The minimum Gasteiger partial charge on any atom is -0.465 e. The van der Waals surface area contributed by atoms with E-state index in [4.69, 9.17) is 5.11 Å². The van der Waals surface area contributed by atoms with Crippen molar-refractivity contribution in [2.24, 2.45) is 0 Å². The summed E-state index contributed by atoms with van der Waals surface area (Å²) in [4.78, 5) is 22.6. The fraction of sp³-hybridized carbons (Fsp3) is 0.222. The number of nitrogens with one attached hydrogen (secondary N) is 1. The van der Waals surface area contributed by atoms with Gasteiger partial charge in [0.15, 0.2) is 5.82 Å². The van der Waals surface area contributed by atoms with Crippen LogP contribution in [0.4, 0.5) is 4.79 Å². The molecule has 2 aromatic heterocycles.